The summed E-state index contributed by atoms with van der Waals surface area (Å²) in [6.45, 7) is 1.99. The van der Waals surface area contributed by atoms with Crippen molar-refractivity contribution in [3.8, 4) is 0 Å². The maximum absolute atomic E-state index is 12.0. The Balaban J connectivity index is 2.11. The van der Waals surface area contributed by atoms with Crippen LogP contribution in [0.25, 0.3) is 0 Å². The monoisotopic (exact) mass is 222 g/mol. The van der Waals surface area contributed by atoms with Gasteiger partial charge in [0.1, 0.15) is 5.69 Å². The van der Waals surface area contributed by atoms with E-state index in [1.54, 1.807) is 0 Å². The summed E-state index contributed by atoms with van der Waals surface area (Å²) >= 11 is 0. The smallest absolute Gasteiger partial charge is 0.268 e. The van der Waals surface area contributed by atoms with Gasteiger partial charge < -0.3 is 15.0 Å². The molecule has 1 heterocycles. The standard InChI is InChI=1S/C12H18N2O2/c1-9-4-5-10(14(9)2)11(16)13-12(8-15)6-3-7-12/h4-5,15H,3,6-8H2,1-2H3,(H,13,16). The summed E-state index contributed by atoms with van der Waals surface area (Å²) in [5.41, 5.74) is 1.34. The van der Waals surface area contributed by atoms with Gasteiger partial charge in [-0.05, 0) is 38.3 Å². The highest BCUT2D eigenvalue weighted by Gasteiger charge is 2.38. The number of aryl methyl sites for hydroxylation is 1. The average Bonchev–Trinajstić information content (AvgIpc) is 2.54. The molecular weight excluding hydrogens is 204 g/mol. The summed E-state index contributed by atoms with van der Waals surface area (Å²) in [6.07, 6.45) is 2.82. The number of aliphatic hydroxyl groups excluding tert-OH is 1. The molecule has 1 aliphatic rings. The van der Waals surface area contributed by atoms with Gasteiger partial charge in [-0.1, -0.05) is 0 Å². The number of hydrogen-bond donors (Lipinski definition) is 2. The molecule has 2 N–H and O–H groups in total. The molecule has 2 rings (SSSR count). The van der Waals surface area contributed by atoms with Gasteiger partial charge in [-0.2, -0.15) is 0 Å². The molecule has 0 saturated heterocycles. The van der Waals surface area contributed by atoms with Crippen LogP contribution in [0, 0.1) is 6.92 Å². The fraction of sp³-hybridized carbons (Fsp3) is 0.583. The van der Waals surface area contributed by atoms with Crippen molar-refractivity contribution in [3.05, 3.63) is 23.5 Å². The molecule has 0 radical (unpaired) electrons. The van der Waals surface area contributed by atoms with E-state index >= 15 is 0 Å². The van der Waals surface area contributed by atoms with E-state index < -0.39 is 0 Å². The van der Waals surface area contributed by atoms with Crippen LogP contribution in [-0.4, -0.2) is 27.7 Å². The van der Waals surface area contributed by atoms with Crippen molar-refractivity contribution in [2.24, 2.45) is 7.05 Å². The molecule has 0 atom stereocenters. The number of amides is 1. The van der Waals surface area contributed by atoms with Gasteiger partial charge in [0.2, 0.25) is 0 Å². The molecule has 16 heavy (non-hydrogen) atoms. The van der Waals surface area contributed by atoms with Crippen molar-refractivity contribution < 1.29 is 9.90 Å². The number of carbonyl (C=O) groups is 1. The fourth-order valence-electron chi connectivity index (χ4n) is 2.07. The van der Waals surface area contributed by atoms with E-state index in [1.807, 2.05) is 30.7 Å². The molecular formula is C12H18N2O2. The molecule has 0 aliphatic heterocycles. The highest BCUT2D eigenvalue weighted by Crippen LogP contribution is 2.31. The summed E-state index contributed by atoms with van der Waals surface area (Å²) in [4.78, 5) is 12.0. The number of aliphatic hydroxyl groups is 1. The molecule has 4 heteroatoms. The maximum atomic E-state index is 12.0. The van der Waals surface area contributed by atoms with Crippen molar-refractivity contribution >= 4 is 5.91 Å². The Kier molecular flexibility index (Phi) is 2.76. The molecule has 1 aliphatic carbocycles. The van der Waals surface area contributed by atoms with Crippen LogP contribution in [-0.2, 0) is 7.05 Å². The van der Waals surface area contributed by atoms with E-state index in [0.717, 1.165) is 25.0 Å². The van der Waals surface area contributed by atoms with Crippen molar-refractivity contribution in [1.29, 1.82) is 0 Å². The third-order valence-electron chi connectivity index (χ3n) is 3.60. The average molecular weight is 222 g/mol. The van der Waals surface area contributed by atoms with E-state index in [0.29, 0.717) is 5.69 Å². The van der Waals surface area contributed by atoms with Gasteiger partial charge >= 0.3 is 0 Å². The zero-order valence-corrected chi connectivity index (χ0v) is 9.79. The predicted molar refractivity (Wildman–Crippen MR) is 61.3 cm³/mol. The number of nitrogens with one attached hydrogen (secondary N) is 1. The second-order valence-corrected chi connectivity index (χ2v) is 4.67. The summed E-state index contributed by atoms with van der Waals surface area (Å²) in [5, 5.41) is 12.2. The third kappa shape index (κ3) is 1.73. The van der Waals surface area contributed by atoms with Gasteiger partial charge in [-0.15, -0.1) is 0 Å². The van der Waals surface area contributed by atoms with Crippen LogP contribution in [0.4, 0.5) is 0 Å². The molecule has 1 aromatic rings. The zero-order chi connectivity index (χ0) is 11.8. The lowest BCUT2D eigenvalue weighted by Gasteiger charge is -2.40. The van der Waals surface area contributed by atoms with Crippen molar-refractivity contribution in [2.75, 3.05) is 6.61 Å². The highest BCUT2D eigenvalue weighted by atomic mass is 16.3. The lowest BCUT2D eigenvalue weighted by atomic mass is 9.77. The van der Waals surface area contributed by atoms with Crippen LogP contribution in [0.2, 0.25) is 0 Å². The number of nitrogens with zero attached hydrogens (tertiary/aromatic N) is 1. The second kappa shape index (κ2) is 3.94. The van der Waals surface area contributed by atoms with E-state index in [2.05, 4.69) is 5.32 Å². The first kappa shape index (κ1) is 11.2. The summed E-state index contributed by atoms with van der Waals surface area (Å²) < 4.78 is 1.86. The molecule has 0 unspecified atom stereocenters. The van der Waals surface area contributed by atoms with Crippen molar-refractivity contribution in [2.45, 2.75) is 31.7 Å². The Hall–Kier alpha value is -1.29. The van der Waals surface area contributed by atoms with Crippen LogP contribution in [0.1, 0.15) is 35.4 Å². The number of aromatic nitrogens is 1. The van der Waals surface area contributed by atoms with Crippen LogP contribution in [0.15, 0.2) is 12.1 Å². The van der Waals surface area contributed by atoms with Crippen LogP contribution in [0.5, 0.6) is 0 Å². The highest BCUT2D eigenvalue weighted by molar-refractivity contribution is 5.93. The first-order chi connectivity index (χ1) is 7.58. The third-order valence-corrected chi connectivity index (χ3v) is 3.60. The molecule has 4 nitrogen and oxygen atoms in total. The van der Waals surface area contributed by atoms with Gasteiger partial charge in [0, 0.05) is 12.7 Å². The normalized spacial score (nSPS) is 17.9. The van der Waals surface area contributed by atoms with E-state index in [4.69, 9.17) is 0 Å². The Morgan fingerprint density at radius 3 is 2.62 bits per heavy atom. The van der Waals surface area contributed by atoms with Gasteiger partial charge in [-0.3, -0.25) is 4.79 Å². The minimum Gasteiger partial charge on any atom is -0.394 e. The zero-order valence-electron chi connectivity index (χ0n) is 9.79. The fourth-order valence-corrected chi connectivity index (χ4v) is 2.07. The largest absolute Gasteiger partial charge is 0.394 e. The van der Waals surface area contributed by atoms with Gasteiger partial charge in [0.05, 0.1) is 12.1 Å². The van der Waals surface area contributed by atoms with E-state index in [1.165, 1.54) is 0 Å². The van der Waals surface area contributed by atoms with Crippen molar-refractivity contribution in [1.82, 2.24) is 9.88 Å². The Morgan fingerprint density at radius 2 is 2.25 bits per heavy atom. The van der Waals surface area contributed by atoms with Gasteiger partial charge in [0.25, 0.3) is 5.91 Å². The maximum Gasteiger partial charge on any atom is 0.268 e. The van der Waals surface area contributed by atoms with Gasteiger partial charge in [0.15, 0.2) is 0 Å². The molecule has 0 aromatic carbocycles. The molecule has 1 saturated carbocycles. The number of rotatable bonds is 3. The molecule has 0 spiro atoms. The minimum atomic E-state index is -0.366. The topological polar surface area (TPSA) is 54.3 Å². The molecule has 1 fully saturated rings. The summed E-state index contributed by atoms with van der Waals surface area (Å²) in [5.74, 6) is -0.0932. The summed E-state index contributed by atoms with van der Waals surface area (Å²) in [7, 11) is 1.87. The Bertz CT molecular complexity index is 400. The summed E-state index contributed by atoms with van der Waals surface area (Å²) in [6, 6.07) is 3.73. The Morgan fingerprint density at radius 1 is 1.56 bits per heavy atom. The first-order valence-corrected chi connectivity index (χ1v) is 5.64. The molecule has 0 bridgehead atoms. The minimum absolute atomic E-state index is 0.0299. The lowest BCUT2D eigenvalue weighted by molar-refractivity contribution is 0.0635. The first-order valence-electron chi connectivity index (χ1n) is 5.64. The molecule has 1 amide bonds. The number of carbonyl (C=O) groups excluding carboxylic acids is 1. The number of hydrogen-bond acceptors (Lipinski definition) is 2. The predicted octanol–water partition coefficient (Wildman–Crippen LogP) is 0.978. The van der Waals surface area contributed by atoms with Gasteiger partial charge in [-0.25, -0.2) is 0 Å². The molecule has 88 valence electrons. The van der Waals surface area contributed by atoms with E-state index in [9.17, 15) is 9.90 Å². The molecule has 1 aromatic heterocycles. The van der Waals surface area contributed by atoms with Crippen LogP contribution < -0.4 is 5.32 Å². The van der Waals surface area contributed by atoms with E-state index in [-0.39, 0.29) is 18.1 Å². The second-order valence-electron chi connectivity index (χ2n) is 4.67. The van der Waals surface area contributed by atoms with Crippen molar-refractivity contribution in [3.63, 3.8) is 0 Å². The Labute approximate surface area is 95.3 Å². The quantitative estimate of drug-likeness (QED) is 0.801. The van der Waals surface area contributed by atoms with Crippen LogP contribution >= 0.6 is 0 Å². The SMILES string of the molecule is Cc1ccc(C(=O)NC2(CO)CCC2)n1C. The van der Waals surface area contributed by atoms with Crippen LogP contribution in [0.3, 0.4) is 0 Å². The lowest BCUT2D eigenvalue weighted by Crippen LogP contribution is -2.56.